The van der Waals surface area contributed by atoms with Crippen LogP contribution in [0.2, 0.25) is 0 Å². The van der Waals surface area contributed by atoms with Crippen LogP contribution in [0.1, 0.15) is 116 Å². The first-order valence-electron chi connectivity index (χ1n) is 28.6. The number of aryl methyl sites for hydroxylation is 1. The van der Waals surface area contributed by atoms with Crippen LogP contribution in [0, 0.1) is 42.4 Å². The summed E-state index contributed by atoms with van der Waals surface area (Å²) in [7, 11) is 0. The Hall–Kier alpha value is -11.3. The maximum absolute atomic E-state index is 13.1. The number of esters is 5. The molecule has 1 N–H and O–H groups in total. The van der Waals surface area contributed by atoms with E-state index in [1.807, 2.05) is 0 Å². The van der Waals surface area contributed by atoms with Crippen molar-refractivity contribution in [1.82, 2.24) is 19.6 Å². The summed E-state index contributed by atoms with van der Waals surface area (Å²) in [5.74, 6) is -4.36. The van der Waals surface area contributed by atoms with Gasteiger partial charge in [-0.15, -0.1) is 0 Å². The van der Waals surface area contributed by atoms with Crippen molar-refractivity contribution in [2.24, 2.45) is 35.5 Å². The van der Waals surface area contributed by atoms with E-state index in [0.29, 0.717) is 36.5 Å². The summed E-state index contributed by atoms with van der Waals surface area (Å²) in [6, 6.07) is 22.9. The molecule has 8 amide bonds. The summed E-state index contributed by atoms with van der Waals surface area (Å²) >= 11 is 0. The standard InChI is InChI=1S/C49H30N4O16.C18H24O4/c1-25-20-32(68-46(62)26-2-8-30(9-3-26)66-48(64)28-6-13-33-35(21-28)44(60)52(42(33)58)23-50-38(54)16-17-39(50)55)12-15-37(25)69-47(63)27-4-10-31(11-5-27)67-49(65)29-7-14-34-36(22-29)45(61)53(43(34)59)24-51-40(56)18-19-41(51)57;1-3-17(19)21-9-11-5-14-12-7-13(10-22-18(20)4-2)15(8-12)16(14)6-11/h2-22,48,64H,23-24H2,1H3;3-4,11-16H,1-2,5-10H2. The van der Waals surface area contributed by atoms with Crippen LogP contribution in [0.5, 0.6) is 23.0 Å². The number of amides is 8. The molecule has 2 bridgehead atoms. The van der Waals surface area contributed by atoms with Gasteiger partial charge in [-0.1, -0.05) is 19.2 Å². The molecule has 3 saturated carbocycles. The molecule has 12 rings (SSSR count). The minimum Gasteiger partial charge on any atom is -0.462 e. The third-order valence-electron chi connectivity index (χ3n) is 17.0. The summed E-state index contributed by atoms with van der Waals surface area (Å²) in [5.41, 5.74) is 0.517. The summed E-state index contributed by atoms with van der Waals surface area (Å²) in [5, 5.41) is 10.8. The van der Waals surface area contributed by atoms with E-state index < -0.39 is 84.8 Å². The van der Waals surface area contributed by atoms with Crippen LogP contribution < -0.4 is 18.9 Å². The second-order valence-electron chi connectivity index (χ2n) is 22.4. The minimum absolute atomic E-state index is 0.0186. The fourth-order valence-corrected chi connectivity index (χ4v) is 12.5. The number of carbonyl (C=O) groups excluding carboxylic acids is 13. The van der Waals surface area contributed by atoms with Crippen molar-refractivity contribution in [3.8, 4) is 23.0 Å². The normalized spacial score (nSPS) is 20.9. The van der Waals surface area contributed by atoms with Gasteiger partial charge in [-0.05, 0) is 171 Å². The molecule has 5 aromatic rings. The number of ether oxygens (including phenoxy) is 6. The number of nitrogens with zero attached hydrogens (tertiary/aromatic N) is 4. The van der Waals surface area contributed by atoms with Gasteiger partial charge in [0.25, 0.3) is 47.3 Å². The molecule has 7 aliphatic rings. The van der Waals surface area contributed by atoms with Crippen molar-refractivity contribution in [1.29, 1.82) is 0 Å². The summed E-state index contributed by atoms with van der Waals surface area (Å²) < 4.78 is 32.5. The monoisotopic (exact) mass is 1230 g/mol. The van der Waals surface area contributed by atoms with Gasteiger partial charge in [0.05, 0.1) is 52.2 Å². The first-order chi connectivity index (χ1) is 43.7. The molecule has 24 nitrogen and oxygen atoms in total. The van der Waals surface area contributed by atoms with Gasteiger partial charge in [0.2, 0.25) is 6.29 Å². The van der Waals surface area contributed by atoms with Crippen LogP contribution in [0.15, 0.2) is 153 Å². The molecule has 3 fully saturated rings. The number of hydrogen-bond donors (Lipinski definition) is 1. The van der Waals surface area contributed by atoms with E-state index in [-0.39, 0.29) is 79.4 Å². The van der Waals surface area contributed by atoms with Crippen LogP contribution in [0.4, 0.5) is 0 Å². The Kier molecular flexibility index (Phi) is 17.2. The van der Waals surface area contributed by atoms with Crippen molar-refractivity contribution in [2.75, 3.05) is 26.6 Å². The second-order valence-corrected chi connectivity index (χ2v) is 22.4. The molecule has 3 aliphatic carbocycles. The number of aliphatic hydroxyl groups is 1. The molecule has 91 heavy (non-hydrogen) atoms. The highest BCUT2D eigenvalue weighted by molar-refractivity contribution is 6.23. The van der Waals surface area contributed by atoms with Gasteiger partial charge < -0.3 is 33.5 Å². The Labute approximate surface area is 517 Å². The lowest BCUT2D eigenvalue weighted by Crippen LogP contribution is -2.43. The Bertz CT molecular complexity index is 4020. The number of hydrogen-bond acceptors (Lipinski definition) is 20. The lowest BCUT2D eigenvalue weighted by Gasteiger charge is -2.31. The fourth-order valence-electron chi connectivity index (χ4n) is 12.5. The SMILES string of the molecule is C=CC(=O)OCC1CC2C3CC(COC(=O)C=C)C(C3)C2C1.Cc1cc(OC(=O)c2ccc(OC(O)c3ccc4c(c3)C(=O)N(CN3C(=O)C=CC3=O)C4=O)cc2)ccc1OC(=O)c1ccc(OC(=O)c2ccc3c(c2)C(=O)N(CN2C(=O)C=CC2=O)C3=O)cc1. The third kappa shape index (κ3) is 12.6. The fraction of sp³-hybridized carbons (Fsp3) is 0.239. The molecular formula is C67H54N4O20. The Morgan fingerprint density at radius 1 is 0.495 bits per heavy atom. The van der Waals surface area contributed by atoms with E-state index >= 15 is 0 Å². The lowest BCUT2D eigenvalue weighted by atomic mass is 9.76. The zero-order valence-corrected chi connectivity index (χ0v) is 48.4. The molecule has 5 aromatic carbocycles. The first kappa shape index (κ1) is 61.4. The van der Waals surface area contributed by atoms with Crippen LogP contribution in [-0.4, -0.2) is 128 Å². The van der Waals surface area contributed by atoms with Crippen LogP contribution >= 0.6 is 0 Å². The lowest BCUT2D eigenvalue weighted by molar-refractivity contribution is -0.140. The number of fused-ring (bicyclic) bond motifs is 7. The molecule has 4 heterocycles. The molecule has 0 spiro atoms. The minimum atomic E-state index is -1.60. The van der Waals surface area contributed by atoms with E-state index in [4.69, 9.17) is 28.4 Å². The summed E-state index contributed by atoms with van der Waals surface area (Å²) in [4.78, 5) is 164. The Morgan fingerprint density at radius 2 is 0.967 bits per heavy atom. The quantitative estimate of drug-likeness (QED) is 0.0306. The van der Waals surface area contributed by atoms with Gasteiger partial charge in [0, 0.05) is 42.0 Å². The van der Waals surface area contributed by atoms with Crippen molar-refractivity contribution in [3.05, 3.63) is 203 Å². The van der Waals surface area contributed by atoms with Crippen molar-refractivity contribution >= 4 is 77.1 Å². The number of benzene rings is 5. The van der Waals surface area contributed by atoms with Gasteiger partial charge in [-0.2, -0.15) is 0 Å². The number of imide groups is 4. The van der Waals surface area contributed by atoms with E-state index in [2.05, 4.69) is 13.2 Å². The molecule has 0 radical (unpaired) electrons. The van der Waals surface area contributed by atoms with Gasteiger partial charge in [0.15, 0.2) is 0 Å². The average molecular weight is 1240 g/mol. The zero-order valence-electron chi connectivity index (χ0n) is 48.4. The molecule has 7 atom stereocenters. The molecule has 0 aromatic heterocycles. The number of aliphatic hydroxyl groups excluding tert-OH is 1. The maximum Gasteiger partial charge on any atom is 0.343 e. The topological polar surface area (TPSA) is 310 Å². The second kappa shape index (κ2) is 25.4. The smallest absolute Gasteiger partial charge is 0.343 e. The van der Waals surface area contributed by atoms with Gasteiger partial charge in [-0.3, -0.25) is 58.0 Å². The van der Waals surface area contributed by atoms with Gasteiger partial charge in [-0.25, -0.2) is 24.0 Å². The predicted molar refractivity (Wildman–Crippen MR) is 312 cm³/mol. The first-order valence-corrected chi connectivity index (χ1v) is 28.6. The highest BCUT2D eigenvalue weighted by Gasteiger charge is 2.56. The number of rotatable bonds is 19. The van der Waals surface area contributed by atoms with Crippen molar-refractivity contribution in [2.45, 2.75) is 38.9 Å². The van der Waals surface area contributed by atoms with Crippen LogP contribution in [-0.2, 0) is 38.2 Å². The zero-order chi connectivity index (χ0) is 64.5. The number of carbonyl (C=O) groups is 13. The van der Waals surface area contributed by atoms with Crippen molar-refractivity contribution in [3.63, 3.8) is 0 Å². The van der Waals surface area contributed by atoms with E-state index in [1.54, 1.807) is 6.92 Å². The van der Waals surface area contributed by atoms with Crippen LogP contribution in [0.3, 0.4) is 0 Å². The summed E-state index contributed by atoms with van der Waals surface area (Å²) in [6.07, 6.45) is 9.74. The van der Waals surface area contributed by atoms with E-state index in [0.717, 1.165) is 68.1 Å². The van der Waals surface area contributed by atoms with Gasteiger partial charge in [0.1, 0.15) is 36.3 Å². The molecular weight excluding hydrogens is 1180 g/mol. The molecule has 0 saturated heterocycles. The molecule has 24 heteroatoms. The van der Waals surface area contributed by atoms with Crippen LogP contribution in [0.25, 0.3) is 0 Å². The maximum atomic E-state index is 13.1. The largest absolute Gasteiger partial charge is 0.462 e. The van der Waals surface area contributed by atoms with E-state index in [1.165, 1.54) is 135 Å². The Morgan fingerprint density at radius 3 is 1.54 bits per heavy atom. The molecule has 4 aliphatic heterocycles. The summed E-state index contributed by atoms with van der Waals surface area (Å²) in [6.45, 7) is 8.38. The highest BCUT2D eigenvalue weighted by atomic mass is 16.6. The molecule has 462 valence electrons. The molecule has 7 unspecified atom stereocenters. The third-order valence-corrected chi connectivity index (χ3v) is 17.0. The average Bonchev–Trinajstić information content (AvgIpc) is 1.61. The Balaban J connectivity index is 0.000000324. The van der Waals surface area contributed by atoms with E-state index in [9.17, 15) is 67.4 Å². The van der Waals surface area contributed by atoms with Crippen molar-refractivity contribution < 1.29 is 95.9 Å². The van der Waals surface area contributed by atoms with Gasteiger partial charge >= 0.3 is 29.8 Å². The highest BCUT2D eigenvalue weighted by Crippen LogP contribution is 2.62. The predicted octanol–water partition coefficient (Wildman–Crippen LogP) is 6.42.